The Labute approximate surface area is 196 Å². The van der Waals surface area contributed by atoms with Gasteiger partial charge in [0.15, 0.2) is 0 Å². The molecule has 0 atom stereocenters. The molecule has 0 fully saturated rings. The molecule has 0 aliphatic carbocycles. The number of rotatable bonds is 13. The molecule has 2 aromatic rings. The Morgan fingerprint density at radius 1 is 0.935 bits per heavy atom. The monoisotopic (exact) mass is 510 g/mol. The molecule has 172 valence electrons. The molecule has 5 nitrogen and oxygen atoms in total. The topological polar surface area (TPSA) is 49.9 Å². The van der Waals surface area contributed by atoms with Crippen molar-refractivity contribution in [2.24, 2.45) is 0 Å². The van der Waals surface area contributed by atoms with Crippen LogP contribution in [-0.2, 0) is 10.0 Å². The third kappa shape index (κ3) is 7.81. The lowest BCUT2D eigenvalue weighted by Crippen LogP contribution is -2.31. The van der Waals surface area contributed by atoms with Gasteiger partial charge in [0.1, 0.15) is 5.75 Å². The van der Waals surface area contributed by atoms with Crippen molar-refractivity contribution in [3.05, 3.63) is 53.0 Å². The first-order chi connectivity index (χ1) is 14.8. The zero-order valence-electron chi connectivity index (χ0n) is 19.1. The van der Waals surface area contributed by atoms with Crippen LogP contribution < -0.4 is 9.04 Å². The predicted molar refractivity (Wildman–Crippen MR) is 133 cm³/mol. The molecule has 0 aliphatic heterocycles. The van der Waals surface area contributed by atoms with Crippen molar-refractivity contribution in [3.8, 4) is 5.75 Å². The number of halogens is 1. The highest BCUT2D eigenvalue weighted by Crippen LogP contribution is 2.25. The number of unbranched alkanes of at least 4 members (excludes halogenated alkanes) is 3. The Kier molecular flexibility index (Phi) is 10.3. The highest BCUT2D eigenvalue weighted by molar-refractivity contribution is 9.10. The molecule has 7 heteroatoms. The summed E-state index contributed by atoms with van der Waals surface area (Å²) in [6, 6.07) is 14.4. The Bertz CT molecular complexity index is 884. The van der Waals surface area contributed by atoms with Crippen LogP contribution in [0, 0.1) is 0 Å². The Morgan fingerprint density at radius 2 is 1.55 bits per heavy atom. The van der Waals surface area contributed by atoms with Crippen LogP contribution in [0.25, 0.3) is 0 Å². The summed E-state index contributed by atoms with van der Waals surface area (Å²) in [5.74, 6) is 0.759. The van der Waals surface area contributed by atoms with E-state index in [9.17, 15) is 8.42 Å². The molecule has 0 amide bonds. The van der Waals surface area contributed by atoms with Crippen molar-refractivity contribution in [2.75, 3.05) is 31.0 Å². The Balaban J connectivity index is 1.77. The van der Waals surface area contributed by atoms with Gasteiger partial charge in [0.05, 0.1) is 17.2 Å². The largest absolute Gasteiger partial charge is 0.494 e. The van der Waals surface area contributed by atoms with Crippen molar-refractivity contribution in [1.29, 1.82) is 0 Å². The van der Waals surface area contributed by atoms with Gasteiger partial charge in [-0.15, -0.1) is 0 Å². The van der Waals surface area contributed by atoms with Gasteiger partial charge in [0.25, 0.3) is 10.0 Å². The molecule has 0 aliphatic rings. The van der Waals surface area contributed by atoms with Crippen molar-refractivity contribution >= 4 is 31.6 Å². The van der Waals surface area contributed by atoms with Crippen LogP contribution in [0.4, 0.5) is 5.69 Å². The smallest absolute Gasteiger partial charge is 0.264 e. The standard InChI is InChI=1S/C24H35BrN2O3S/c1-5-27(20(2)3)18-8-6-7-9-19-30-23-14-12-22(13-15-23)26(4)31(28,29)24-16-10-21(25)11-17-24/h10-17,20H,5-9,18-19H2,1-4H3. The molecule has 2 aromatic carbocycles. The summed E-state index contributed by atoms with van der Waals surface area (Å²) in [7, 11) is -2.04. The second-order valence-electron chi connectivity index (χ2n) is 7.91. The molecule has 0 N–H and O–H groups in total. The lowest BCUT2D eigenvalue weighted by molar-refractivity contribution is 0.227. The maximum atomic E-state index is 12.8. The maximum absolute atomic E-state index is 12.8. The summed E-state index contributed by atoms with van der Waals surface area (Å²) in [5, 5.41) is 0. The van der Waals surface area contributed by atoms with E-state index >= 15 is 0 Å². The molecule has 0 saturated heterocycles. The molecular weight excluding hydrogens is 476 g/mol. The van der Waals surface area contributed by atoms with E-state index in [4.69, 9.17) is 4.74 Å². The minimum atomic E-state index is -3.60. The van der Waals surface area contributed by atoms with Gasteiger partial charge in [-0.25, -0.2) is 8.42 Å². The number of nitrogens with zero attached hydrogens (tertiary/aromatic N) is 2. The fourth-order valence-corrected chi connectivity index (χ4v) is 4.86. The molecule has 0 saturated carbocycles. The summed E-state index contributed by atoms with van der Waals surface area (Å²) in [6.45, 7) is 9.65. The average Bonchev–Trinajstić information content (AvgIpc) is 2.75. The molecule has 31 heavy (non-hydrogen) atoms. The average molecular weight is 512 g/mol. The third-order valence-electron chi connectivity index (χ3n) is 5.42. The van der Waals surface area contributed by atoms with Gasteiger partial charge in [0, 0.05) is 17.6 Å². The molecule has 0 radical (unpaired) electrons. The van der Waals surface area contributed by atoms with E-state index in [0.717, 1.165) is 36.2 Å². The van der Waals surface area contributed by atoms with Gasteiger partial charge in [-0.1, -0.05) is 35.7 Å². The fourth-order valence-electron chi connectivity index (χ4n) is 3.40. The van der Waals surface area contributed by atoms with Gasteiger partial charge in [0.2, 0.25) is 0 Å². The normalized spacial score (nSPS) is 11.8. The minimum absolute atomic E-state index is 0.258. The summed E-state index contributed by atoms with van der Waals surface area (Å²) >= 11 is 3.33. The van der Waals surface area contributed by atoms with Crippen molar-refractivity contribution in [1.82, 2.24) is 4.90 Å². The summed E-state index contributed by atoms with van der Waals surface area (Å²) in [6.07, 6.45) is 4.61. The maximum Gasteiger partial charge on any atom is 0.264 e. The third-order valence-corrected chi connectivity index (χ3v) is 7.75. The Hall–Kier alpha value is -1.57. The number of anilines is 1. The molecule has 0 aromatic heterocycles. The zero-order chi connectivity index (χ0) is 22.9. The van der Waals surface area contributed by atoms with Crippen LogP contribution in [0.2, 0.25) is 0 Å². The van der Waals surface area contributed by atoms with Crippen molar-refractivity contribution < 1.29 is 13.2 Å². The zero-order valence-corrected chi connectivity index (χ0v) is 21.5. The molecule has 0 heterocycles. The number of benzene rings is 2. The predicted octanol–water partition coefficient (Wildman–Crippen LogP) is 5.94. The van der Waals surface area contributed by atoms with E-state index < -0.39 is 10.0 Å². The first-order valence-corrected chi connectivity index (χ1v) is 13.2. The fraction of sp³-hybridized carbons (Fsp3) is 0.500. The van der Waals surface area contributed by atoms with Crippen LogP contribution in [0.5, 0.6) is 5.75 Å². The number of hydrogen-bond acceptors (Lipinski definition) is 4. The Morgan fingerprint density at radius 3 is 2.13 bits per heavy atom. The van der Waals surface area contributed by atoms with E-state index in [0.29, 0.717) is 18.3 Å². The van der Waals surface area contributed by atoms with E-state index in [1.807, 2.05) is 12.1 Å². The molecule has 0 spiro atoms. The van der Waals surface area contributed by atoms with Gasteiger partial charge < -0.3 is 9.64 Å². The first kappa shape index (κ1) is 25.7. The lowest BCUT2D eigenvalue weighted by Gasteiger charge is -2.24. The second kappa shape index (κ2) is 12.5. The highest BCUT2D eigenvalue weighted by Gasteiger charge is 2.21. The first-order valence-electron chi connectivity index (χ1n) is 11.0. The lowest BCUT2D eigenvalue weighted by atomic mass is 10.2. The van der Waals surface area contributed by atoms with Crippen LogP contribution >= 0.6 is 15.9 Å². The van der Waals surface area contributed by atoms with E-state index in [-0.39, 0.29) is 4.90 Å². The minimum Gasteiger partial charge on any atom is -0.494 e. The van der Waals surface area contributed by atoms with Gasteiger partial charge in [-0.2, -0.15) is 0 Å². The summed E-state index contributed by atoms with van der Waals surface area (Å²) in [4.78, 5) is 2.75. The van der Waals surface area contributed by atoms with E-state index in [1.165, 1.54) is 17.1 Å². The molecule has 2 rings (SSSR count). The van der Waals surface area contributed by atoms with Crippen molar-refractivity contribution in [3.63, 3.8) is 0 Å². The number of ether oxygens (including phenoxy) is 1. The van der Waals surface area contributed by atoms with E-state index in [1.54, 1.807) is 43.4 Å². The van der Waals surface area contributed by atoms with Gasteiger partial charge >= 0.3 is 0 Å². The summed E-state index contributed by atoms with van der Waals surface area (Å²) in [5.41, 5.74) is 0.598. The van der Waals surface area contributed by atoms with Crippen LogP contribution in [0.3, 0.4) is 0 Å². The molecule has 0 unspecified atom stereocenters. The molecule has 0 bridgehead atoms. The SMILES string of the molecule is CCN(CCCCCCOc1ccc(N(C)S(=O)(=O)c2ccc(Br)cc2)cc1)C(C)C. The quantitative estimate of drug-likeness (QED) is 0.312. The van der Waals surface area contributed by atoms with Crippen molar-refractivity contribution in [2.45, 2.75) is 57.4 Å². The van der Waals surface area contributed by atoms with E-state index in [2.05, 4.69) is 41.6 Å². The highest BCUT2D eigenvalue weighted by atomic mass is 79.9. The van der Waals surface area contributed by atoms with Crippen LogP contribution in [0.15, 0.2) is 57.9 Å². The van der Waals surface area contributed by atoms with Crippen LogP contribution in [-0.4, -0.2) is 46.1 Å². The van der Waals surface area contributed by atoms with Crippen LogP contribution in [0.1, 0.15) is 46.5 Å². The molecular formula is C24H35BrN2O3S. The van der Waals surface area contributed by atoms with Gasteiger partial charge in [-0.3, -0.25) is 4.31 Å². The number of sulfonamides is 1. The second-order valence-corrected chi connectivity index (χ2v) is 10.8. The summed E-state index contributed by atoms with van der Waals surface area (Å²) < 4.78 is 33.6. The number of hydrogen-bond donors (Lipinski definition) is 0. The van der Waals surface area contributed by atoms with Gasteiger partial charge in [-0.05, 0) is 88.3 Å².